The number of ketones is 1. The molecular weight excluding hydrogens is 278 g/mol. The van der Waals surface area contributed by atoms with Crippen molar-refractivity contribution >= 4 is 28.7 Å². The first-order chi connectivity index (χ1) is 9.08. The third kappa shape index (κ3) is 3.66. The van der Waals surface area contributed by atoms with Crippen LogP contribution < -0.4 is 0 Å². The second kappa shape index (κ2) is 6.33. The topological polar surface area (TPSA) is 20.3 Å². The molecule has 0 aliphatic heterocycles. The summed E-state index contributed by atoms with van der Waals surface area (Å²) in [4.78, 5) is 15.7. The first-order valence-corrected chi connectivity index (χ1v) is 7.36. The maximum absolute atomic E-state index is 12.3. The van der Waals surface area contributed by atoms with E-state index in [1.54, 1.807) is 35.6 Å². The van der Waals surface area contributed by atoms with Gasteiger partial charge in [0.05, 0.1) is 6.04 Å². The van der Waals surface area contributed by atoms with Crippen LogP contribution in [-0.4, -0.2) is 23.8 Å². The van der Waals surface area contributed by atoms with Gasteiger partial charge in [0.15, 0.2) is 5.78 Å². The minimum atomic E-state index is -0.150. The second-order valence-electron chi connectivity index (χ2n) is 4.54. The minimum absolute atomic E-state index is 0.121. The van der Waals surface area contributed by atoms with Gasteiger partial charge in [-0.25, -0.2) is 0 Å². The molecule has 0 N–H and O–H groups in total. The maximum Gasteiger partial charge on any atom is 0.179 e. The Bertz CT molecular complexity index is 536. The molecule has 1 heterocycles. The maximum atomic E-state index is 12.3. The number of hydrogen-bond acceptors (Lipinski definition) is 3. The molecule has 1 atom stereocenters. The Morgan fingerprint density at radius 3 is 2.58 bits per heavy atom. The lowest BCUT2D eigenvalue weighted by Crippen LogP contribution is -2.35. The molecule has 19 heavy (non-hydrogen) atoms. The van der Waals surface area contributed by atoms with Crippen LogP contribution in [0, 0.1) is 0 Å². The molecule has 100 valence electrons. The Morgan fingerprint density at radius 1 is 1.32 bits per heavy atom. The van der Waals surface area contributed by atoms with Gasteiger partial charge in [0, 0.05) is 22.0 Å². The van der Waals surface area contributed by atoms with Gasteiger partial charge in [0.2, 0.25) is 0 Å². The van der Waals surface area contributed by atoms with Gasteiger partial charge in [-0.1, -0.05) is 17.7 Å². The number of hydrogen-bond donors (Lipinski definition) is 0. The highest BCUT2D eigenvalue weighted by Gasteiger charge is 2.19. The van der Waals surface area contributed by atoms with Crippen LogP contribution >= 0.6 is 22.9 Å². The smallest absolute Gasteiger partial charge is 0.179 e. The fourth-order valence-corrected chi connectivity index (χ4v) is 2.73. The summed E-state index contributed by atoms with van der Waals surface area (Å²) >= 11 is 7.54. The molecule has 2 rings (SSSR count). The standard InChI is InChI=1S/C15H16ClNOS/c1-11(17(2)10-14-4-3-9-19-14)15(18)12-5-7-13(16)8-6-12/h3-9,11H,10H2,1-2H3. The van der Waals surface area contributed by atoms with Gasteiger partial charge >= 0.3 is 0 Å². The number of likely N-dealkylation sites (N-methyl/N-ethyl adjacent to an activating group) is 1. The summed E-state index contributed by atoms with van der Waals surface area (Å²) in [5.74, 6) is 0.121. The predicted molar refractivity (Wildman–Crippen MR) is 81.0 cm³/mol. The summed E-state index contributed by atoms with van der Waals surface area (Å²) < 4.78 is 0. The lowest BCUT2D eigenvalue weighted by Gasteiger charge is -2.23. The number of nitrogens with zero attached hydrogens (tertiary/aromatic N) is 1. The molecular formula is C15H16ClNOS. The average molecular weight is 294 g/mol. The summed E-state index contributed by atoms with van der Waals surface area (Å²) in [7, 11) is 1.97. The zero-order valence-electron chi connectivity index (χ0n) is 11.0. The average Bonchev–Trinajstić information content (AvgIpc) is 2.90. The molecule has 0 aliphatic carbocycles. The molecule has 1 unspecified atom stereocenters. The number of halogens is 1. The third-order valence-corrected chi connectivity index (χ3v) is 4.27. The fourth-order valence-electron chi connectivity index (χ4n) is 1.84. The number of Topliss-reactive ketones (excluding diaryl/α,β-unsaturated/α-hetero) is 1. The van der Waals surface area contributed by atoms with Crippen molar-refractivity contribution in [3.63, 3.8) is 0 Å². The Kier molecular flexibility index (Phi) is 4.75. The highest BCUT2D eigenvalue weighted by molar-refractivity contribution is 7.09. The number of rotatable bonds is 5. The van der Waals surface area contributed by atoms with Crippen LogP contribution in [0.3, 0.4) is 0 Å². The number of benzene rings is 1. The fraction of sp³-hybridized carbons (Fsp3) is 0.267. The van der Waals surface area contributed by atoms with Crippen LogP contribution in [0.1, 0.15) is 22.2 Å². The molecule has 0 fully saturated rings. The van der Waals surface area contributed by atoms with E-state index < -0.39 is 0 Å². The predicted octanol–water partition coefficient (Wildman–Crippen LogP) is 4.10. The van der Waals surface area contributed by atoms with Crippen molar-refractivity contribution in [3.8, 4) is 0 Å². The van der Waals surface area contributed by atoms with Gasteiger partial charge in [-0.2, -0.15) is 0 Å². The van der Waals surface area contributed by atoms with Gasteiger partial charge in [0.1, 0.15) is 0 Å². The van der Waals surface area contributed by atoms with Gasteiger partial charge in [0.25, 0.3) is 0 Å². The largest absolute Gasteiger partial charge is 0.292 e. The minimum Gasteiger partial charge on any atom is -0.292 e. The molecule has 0 amide bonds. The first-order valence-electron chi connectivity index (χ1n) is 6.10. The van der Waals surface area contributed by atoms with Crippen molar-refractivity contribution in [2.45, 2.75) is 19.5 Å². The normalized spacial score (nSPS) is 12.6. The number of thiophene rings is 1. The molecule has 1 aromatic carbocycles. The highest BCUT2D eigenvalue weighted by atomic mass is 35.5. The summed E-state index contributed by atoms with van der Waals surface area (Å²) in [5.41, 5.74) is 0.704. The lowest BCUT2D eigenvalue weighted by atomic mass is 10.0. The van der Waals surface area contributed by atoms with Crippen LogP contribution in [0.5, 0.6) is 0 Å². The van der Waals surface area contributed by atoms with Crippen molar-refractivity contribution in [2.75, 3.05) is 7.05 Å². The molecule has 0 radical (unpaired) electrons. The van der Waals surface area contributed by atoms with Crippen LogP contribution in [-0.2, 0) is 6.54 Å². The quantitative estimate of drug-likeness (QED) is 0.774. The van der Waals surface area contributed by atoms with Crippen molar-refractivity contribution in [1.82, 2.24) is 4.90 Å². The molecule has 0 saturated heterocycles. The van der Waals surface area contributed by atoms with Crippen molar-refractivity contribution in [3.05, 3.63) is 57.2 Å². The van der Waals surface area contributed by atoms with Crippen molar-refractivity contribution in [2.24, 2.45) is 0 Å². The second-order valence-corrected chi connectivity index (χ2v) is 6.01. The molecule has 4 heteroatoms. The summed E-state index contributed by atoms with van der Waals surface area (Å²) in [5, 5.41) is 2.70. The molecule has 0 saturated carbocycles. The van der Waals surface area contributed by atoms with E-state index in [0.29, 0.717) is 10.6 Å². The van der Waals surface area contributed by atoms with E-state index in [0.717, 1.165) is 6.54 Å². The Morgan fingerprint density at radius 2 is 2.00 bits per heavy atom. The molecule has 0 aliphatic rings. The van der Waals surface area contributed by atoms with Gasteiger partial charge in [-0.15, -0.1) is 11.3 Å². The monoisotopic (exact) mass is 293 g/mol. The molecule has 2 aromatic rings. The van der Waals surface area contributed by atoms with E-state index in [9.17, 15) is 4.79 Å². The van der Waals surface area contributed by atoms with E-state index >= 15 is 0 Å². The van der Waals surface area contributed by atoms with E-state index in [1.807, 2.05) is 20.0 Å². The lowest BCUT2D eigenvalue weighted by molar-refractivity contribution is 0.0863. The summed E-state index contributed by atoms with van der Waals surface area (Å²) in [6.07, 6.45) is 0. The van der Waals surface area contributed by atoms with Gasteiger partial charge in [-0.05, 0) is 49.7 Å². The summed E-state index contributed by atoms with van der Waals surface area (Å²) in [6, 6.07) is 11.0. The molecule has 0 spiro atoms. The Balaban J connectivity index is 2.04. The van der Waals surface area contributed by atoms with E-state index in [1.165, 1.54) is 4.88 Å². The highest BCUT2D eigenvalue weighted by Crippen LogP contribution is 2.16. The van der Waals surface area contributed by atoms with Crippen LogP contribution in [0.25, 0.3) is 0 Å². The SMILES string of the molecule is CC(C(=O)c1ccc(Cl)cc1)N(C)Cc1cccs1. The molecule has 2 nitrogen and oxygen atoms in total. The number of carbonyl (C=O) groups excluding carboxylic acids is 1. The third-order valence-electron chi connectivity index (χ3n) is 3.15. The van der Waals surface area contributed by atoms with Crippen molar-refractivity contribution < 1.29 is 4.79 Å². The van der Waals surface area contributed by atoms with Gasteiger partial charge < -0.3 is 0 Å². The molecule has 1 aromatic heterocycles. The van der Waals surface area contributed by atoms with Crippen LogP contribution in [0.15, 0.2) is 41.8 Å². The molecule has 0 bridgehead atoms. The Labute approximate surface area is 122 Å². The Hall–Kier alpha value is -1.16. The number of carbonyl (C=O) groups is 1. The zero-order valence-corrected chi connectivity index (χ0v) is 12.5. The van der Waals surface area contributed by atoms with E-state index in [-0.39, 0.29) is 11.8 Å². The van der Waals surface area contributed by atoms with Crippen LogP contribution in [0.4, 0.5) is 0 Å². The van der Waals surface area contributed by atoms with Crippen LogP contribution in [0.2, 0.25) is 5.02 Å². The van der Waals surface area contributed by atoms with Gasteiger partial charge in [-0.3, -0.25) is 9.69 Å². The van der Waals surface area contributed by atoms with E-state index in [2.05, 4.69) is 16.3 Å². The zero-order chi connectivity index (χ0) is 13.8. The van der Waals surface area contributed by atoms with E-state index in [4.69, 9.17) is 11.6 Å². The first kappa shape index (κ1) is 14.3. The van der Waals surface area contributed by atoms with Crippen molar-refractivity contribution in [1.29, 1.82) is 0 Å². The summed E-state index contributed by atoms with van der Waals surface area (Å²) in [6.45, 7) is 2.72.